The number of aryl methyl sites for hydroxylation is 1. The molecule has 0 aliphatic heterocycles. The molecule has 0 N–H and O–H groups in total. The van der Waals surface area contributed by atoms with E-state index in [4.69, 9.17) is 0 Å². The van der Waals surface area contributed by atoms with Gasteiger partial charge in [-0.15, -0.1) is 0 Å². The molecule has 0 bridgehead atoms. The lowest BCUT2D eigenvalue weighted by atomic mass is 10.2. The minimum Gasteiger partial charge on any atom is -0.323 e. The summed E-state index contributed by atoms with van der Waals surface area (Å²) in [5.41, 5.74) is 1.88. The number of nitro benzene ring substituents is 1. The van der Waals surface area contributed by atoms with Crippen molar-refractivity contribution < 1.29 is 9.31 Å². The Balaban J connectivity index is 2.15. The lowest BCUT2D eigenvalue weighted by Gasteiger charge is -2.07. The summed E-state index contributed by atoms with van der Waals surface area (Å²) in [5, 5.41) is 11.2. The number of aromatic nitrogens is 2. The third-order valence-corrected chi connectivity index (χ3v) is 3.90. The van der Waals surface area contributed by atoms with Gasteiger partial charge in [0.2, 0.25) is 0 Å². The fraction of sp³-hybridized carbons (Fsp3) is 0.133. The Labute approximate surface area is 133 Å². The molecule has 1 heterocycles. The van der Waals surface area contributed by atoms with Gasteiger partial charge in [-0.1, -0.05) is 28.1 Å². The number of fused-ring (bicyclic) bond motifs is 1. The Bertz CT molecular complexity index is 875. The molecule has 22 heavy (non-hydrogen) atoms. The van der Waals surface area contributed by atoms with Crippen molar-refractivity contribution in [3.05, 3.63) is 68.2 Å². The number of non-ortho nitro benzene ring substituents is 1. The third-order valence-electron chi connectivity index (χ3n) is 3.44. The first kappa shape index (κ1) is 14.6. The third kappa shape index (κ3) is 2.59. The van der Waals surface area contributed by atoms with Crippen molar-refractivity contribution in [1.82, 2.24) is 9.55 Å². The number of benzene rings is 2. The van der Waals surface area contributed by atoms with E-state index in [1.807, 2.05) is 4.57 Å². The largest absolute Gasteiger partial charge is 0.323 e. The Morgan fingerprint density at radius 2 is 2.00 bits per heavy atom. The van der Waals surface area contributed by atoms with Crippen LogP contribution in [0.4, 0.5) is 10.1 Å². The van der Waals surface area contributed by atoms with Gasteiger partial charge in [-0.05, 0) is 30.7 Å². The first-order valence-corrected chi connectivity index (χ1v) is 7.30. The highest BCUT2D eigenvalue weighted by atomic mass is 79.9. The minimum atomic E-state index is -0.443. The maximum Gasteiger partial charge on any atom is 0.298 e. The van der Waals surface area contributed by atoms with Gasteiger partial charge in [-0.2, -0.15) is 0 Å². The topological polar surface area (TPSA) is 61.0 Å². The van der Waals surface area contributed by atoms with Gasteiger partial charge in [0.15, 0.2) is 5.52 Å². The molecule has 3 aromatic rings. The molecule has 3 rings (SSSR count). The van der Waals surface area contributed by atoms with Crippen molar-refractivity contribution in [3.63, 3.8) is 0 Å². The monoisotopic (exact) mass is 363 g/mol. The van der Waals surface area contributed by atoms with Gasteiger partial charge < -0.3 is 4.57 Å². The molecule has 0 atom stereocenters. The predicted molar refractivity (Wildman–Crippen MR) is 84.3 cm³/mol. The summed E-state index contributed by atoms with van der Waals surface area (Å²) in [6.45, 7) is 2.26. The fourth-order valence-electron chi connectivity index (χ4n) is 2.40. The van der Waals surface area contributed by atoms with Crippen LogP contribution in [0.1, 0.15) is 11.4 Å². The van der Waals surface area contributed by atoms with E-state index in [2.05, 4.69) is 20.9 Å². The average Bonchev–Trinajstić information content (AvgIpc) is 2.77. The molecule has 7 heteroatoms. The lowest BCUT2D eigenvalue weighted by Crippen LogP contribution is -2.02. The van der Waals surface area contributed by atoms with Gasteiger partial charge in [0.25, 0.3) is 5.69 Å². The van der Waals surface area contributed by atoms with Crippen LogP contribution in [0.25, 0.3) is 11.0 Å². The van der Waals surface area contributed by atoms with E-state index >= 15 is 0 Å². The van der Waals surface area contributed by atoms with E-state index in [9.17, 15) is 14.5 Å². The van der Waals surface area contributed by atoms with Crippen molar-refractivity contribution in [3.8, 4) is 0 Å². The molecule has 0 aliphatic rings. The Morgan fingerprint density at radius 3 is 2.64 bits per heavy atom. The summed E-state index contributed by atoms with van der Waals surface area (Å²) in [5.74, 6) is 0.370. The van der Waals surface area contributed by atoms with Crippen LogP contribution in [-0.2, 0) is 6.54 Å². The maximum atomic E-state index is 13.0. The first-order valence-electron chi connectivity index (χ1n) is 6.51. The van der Waals surface area contributed by atoms with Crippen molar-refractivity contribution >= 4 is 32.7 Å². The predicted octanol–water partition coefficient (Wildman–Crippen LogP) is 4.20. The maximum absolute atomic E-state index is 13.0. The second-order valence-electron chi connectivity index (χ2n) is 4.92. The van der Waals surface area contributed by atoms with Crippen LogP contribution >= 0.6 is 15.9 Å². The van der Waals surface area contributed by atoms with Gasteiger partial charge in [0, 0.05) is 17.1 Å². The van der Waals surface area contributed by atoms with Crippen molar-refractivity contribution in [2.45, 2.75) is 13.5 Å². The Hall–Kier alpha value is -2.28. The number of halogens is 2. The van der Waals surface area contributed by atoms with Crippen molar-refractivity contribution in [2.75, 3.05) is 0 Å². The van der Waals surface area contributed by atoms with E-state index in [1.54, 1.807) is 25.1 Å². The zero-order valence-corrected chi connectivity index (χ0v) is 13.2. The Kier molecular flexibility index (Phi) is 3.66. The quantitative estimate of drug-likeness (QED) is 0.517. The summed E-state index contributed by atoms with van der Waals surface area (Å²) in [6, 6.07) is 9.40. The van der Waals surface area contributed by atoms with Crippen LogP contribution in [0.3, 0.4) is 0 Å². The van der Waals surface area contributed by atoms with Crippen LogP contribution in [0, 0.1) is 22.9 Å². The zero-order valence-electron chi connectivity index (χ0n) is 11.6. The van der Waals surface area contributed by atoms with Gasteiger partial charge in [-0.25, -0.2) is 9.37 Å². The molecule has 0 fully saturated rings. The molecule has 2 aromatic carbocycles. The number of nitrogens with zero attached hydrogens (tertiary/aromatic N) is 3. The second-order valence-corrected chi connectivity index (χ2v) is 5.84. The number of rotatable bonds is 3. The number of imidazole rings is 1. The van der Waals surface area contributed by atoms with Crippen LogP contribution < -0.4 is 0 Å². The number of hydrogen-bond acceptors (Lipinski definition) is 3. The van der Waals surface area contributed by atoms with Gasteiger partial charge in [-0.3, -0.25) is 10.1 Å². The van der Waals surface area contributed by atoms with E-state index in [1.165, 1.54) is 18.2 Å². The second kappa shape index (κ2) is 5.49. The van der Waals surface area contributed by atoms with Crippen molar-refractivity contribution in [1.29, 1.82) is 0 Å². The smallest absolute Gasteiger partial charge is 0.298 e. The summed E-state index contributed by atoms with van der Waals surface area (Å²) < 4.78 is 15.5. The van der Waals surface area contributed by atoms with Gasteiger partial charge in [0.1, 0.15) is 11.6 Å². The standard InChI is InChI=1S/C15H11BrFN3O2/c1-9-18-15-13(6-11(16)7-14(15)20(21)22)19(9)8-10-2-4-12(17)5-3-10/h2-7H,8H2,1H3. The van der Waals surface area contributed by atoms with E-state index in [0.29, 0.717) is 27.9 Å². The van der Waals surface area contributed by atoms with Gasteiger partial charge >= 0.3 is 0 Å². The van der Waals surface area contributed by atoms with Crippen LogP contribution in [0.5, 0.6) is 0 Å². The SMILES string of the molecule is Cc1nc2c([N+](=O)[O-])cc(Br)cc2n1Cc1ccc(F)cc1. The van der Waals surface area contributed by atoms with E-state index < -0.39 is 4.92 Å². The first-order chi connectivity index (χ1) is 10.5. The highest BCUT2D eigenvalue weighted by Crippen LogP contribution is 2.30. The highest BCUT2D eigenvalue weighted by Gasteiger charge is 2.19. The highest BCUT2D eigenvalue weighted by molar-refractivity contribution is 9.10. The summed E-state index contributed by atoms with van der Waals surface area (Å²) >= 11 is 3.29. The lowest BCUT2D eigenvalue weighted by molar-refractivity contribution is -0.383. The molecule has 0 unspecified atom stereocenters. The normalized spacial score (nSPS) is 11.0. The van der Waals surface area contributed by atoms with E-state index in [0.717, 1.165) is 5.56 Å². The molecule has 5 nitrogen and oxygen atoms in total. The molecular formula is C15H11BrFN3O2. The molecule has 0 radical (unpaired) electrons. The average molecular weight is 364 g/mol. The van der Waals surface area contributed by atoms with Gasteiger partial charge in [0.05, 0.1) is 10.4 Å². The van der Waals surface area contributed by atoms with Crippen LogP contribution in [-0.4, -0.2) is 14.5 Å². The molecule has 1 aromatic heterocycles. The summed E-state index contributed by atoms with van der Waals surface area (Å²) in [4.78, 5) is 15.1. The number of nitro groups is 1. The molecule has 0 amide bonds. The molecule has 0 spiro atoms. The van der Waals surface area contributed by atoms with Crippen LogP contribution in [0.15, 0.2) is 40.9 Å². The van der Waals surface area contributed by atoms with Crippen LogP contribution in [0.2, 0.25) is 0 Å². The molecule has 0 saturated heterocycles. The summed E-state index contributed by atoms with van der Waals surface area (Å²) in [7, 11) is 0. The molecule has 0 aliphatic carbocycles. The Morgan fingerprint density at radius 1 is 1.32 bits per heavy atom. The zero-order chi connectivity index (χ0) is 15.9. The fourth-order valence-corrected chi connectivity index (χ4v) is 2.83. The molecule has 112 valence electrons. The minimum absolute atomic E-state index is 0.0367. The number of hydrogen-bond donors (Lipinski definition) is 0. The van der Waals surface area contributed by atoms with Crippen molar-refractivity contribution in [2.24, 2.45) is 0 Å². The molecular weight excluding hydrogens is 353 g/mol. The molecule has 0 saturated carbocycles. The summed E-state index contributed by atoms with van der Waals surface area (Å²) in [6.07, 6.45) is 0. The van der Waals surface area contributed by atoms with E-state index in [-0.39, 0.29) is 11.5 Å².